The van der Waals surface area contributed by atoms with Crippen LogP contribution >= 0.6 is 15.9 Å². The van der Waals surface area contributed by atoms with Gasteiger partial charge in [-0.25, -0.2) is 0 Å². The Kier molecular flexibility index (Phi) is 2.40. The monoisotopic (exact) mass is 252 g/mol. The summed E-state index contributed by atoms with van der Waals surface area (Å²) < 4.78 is 6.87. The molecule has 2 aromatic rings. The third kappa shape index (κ3) is 1.48. The molecule has 0 aliphatic rings. The number of rotatable bonds is 1. The minimum Gasteiger partial charge on any atom is -0.460 e. The predicted octanol–water partition coefficient (Wildman–Crippen LogP) is 4.63. The van der Waals surface area contributed by atoms with Crippen molar-refractivity contribution in [3.8, 4) is 0 Å². The van der Waals surface area contributed by atoms with Crippen LogP contribution in [0.2, 0.25) is 0 Å². The van der Waals surface area contributed by atoms with Gasteiger partial charge in [-0.05, 0) is 35.0 Å². The Morgan fingerprint density at radius 2 is 2.00 bits per heavy atom. The van der Waals surface area contributed by atoms with E-state index in [0.29, 0.717) is 5.92 Å². The fraction of sp³-hybridized carbons (Fsp3) is 0.333. The highest BCUT2D eigenvalue weighted by Crippen LogP contribution is 2.35. The van der Waals surface area contributed by atoms with E-state index in [0.717, 1.165) is 15.8 Å². The van der Waals surface area contributed by atoms with Gasteiger partial charge in [0.05, 0.1) is 4.47 Å². The number of benzene rings is 1. The molecule has 0 saturated heterocycles. The summed E-state index contributed by atoms with van der Waals surface area (Å²) >= 11 is 3.59. The van der Waals surface area contributed by atoms with Crippen LogP contribution in [-0.2, 0) is 0 Å². The standard InChI is InChI=1S/C12H13BrO/c1-7(2)12-11(13)9-6-8(3)4-5-10(9)14-12/h4-7H,1-3H3. The topological polar surface area (TPSA) is 13.1 Å². The van der Waals surface area contributed by atoms with Gasteiger partial charge in [0.2, 0.25) is 0 Å². The fourth-order valence-corrected chi connectivity index (χ4v) is 2.42. The molecule has 1 nitrogen and oxygen atoms in total. The fourth-order valence-electron chi connectivity index (χ4n) is 1.57. The Bertz CT molecular complexity index is 468. The summed E-state index contributed by atoms with van der Waals surface area (Å²) in [5.41, 5.74) is 2.22. The second-order valence-corrected chi connectivity index (χ2v) is 4.73. The van der Waals surface area contributed by atoms with Gasteiger partial charge in [0.1, 0.15) is 11.3 Å². The van der Waals surface area contributed by atoms with Gasteiger partial charge in [-0.3, -0.25) is 0 Å². The van der Waals surface area contributed by atoms with Gasteiger partial charge in [0.15, 0.2) is 0 Å². The zero-order valence-electron chi connectivity index (χ0n) is 8.60. The highest BCUT2D eigenvalue weighted by Gasteiger charge is 2.14. The zero-order valence-corrected chi connectivity index (χ0v) is 10.2. The largest absolute Gasteiger partial charge is 0.460 e. The molecule has 0 unspecified atom stereocenters. The van der Waals surface area contributed by atoms with Crippen molar-refractivity contribution in [2.45, 2.75) is 26.7 Å². The van der Waals surface area contributed by atoms with E-state index >= 15 is 0 Å². The van der Waals surface area contributed by atoms with Crippen LogP contribution in [0, 0.1) is 6.92 Å². The van der Waals surface area contributed by atoms with Crippen molar-refractivity contribution >= 4 is 26.9 Å². The lowest BCUT2D eigenvalue weighted by Crippen LogP contribution is -1.82. The molecular formula is C12H13BrO. The number of hydrogen-bond donors (Lipinski definition) is 0. The lowest BCUT2D eigenvalue weighted by molar-refractivity contribution is 0.518. The number of fused-ring (bicyclic) bond motifs is 1. The van der Waals surface area contributed by atoms with E-state index in [1.54, 1.807) is 0 Å². The molecule has 0 aliphatic heterocycles. The molecule has 1 aromatic heterocycles. The number of halogens is 1. The first-order valence-corrected chi connectivity index (χ1v) is 5.57. The normalized spacial score (nSPS) is 11.5. The maximum atomic E-state index is 5.77. The molecule has 0 saturated carbocycles. The summed E-state index contributed by atoms with van der Waals surface area (Å²) in [4.78, 5) is 0. The molecule has 2 heteroatoms. The van der Waals surface area contributed by atoms with Gasteiger partial charge in [0, 0.05) is 11.3 Å². The van der Waals surface area contributed by atoms with Gasteiger partial charge < -0.3 is 4.42 Å². The molecule has 0 amide bonds. The summed E-state index contributed by atoms with van der Waals surface area (Å²) in [5, 5.41) is 1.17. The van der Waals surface area contributed by atoms with Crippen molar-refractivity contribution < 1.29 is 4.42 Å². The molecule has 0 aliphatic carbocycles. The third-order valence-corrected chi connectivity index (χ3v) is 3.15. The Morgan fingerprint density at radius 3 is 2.64 bits per heavy atom. The van der Waals surface area contributed by atoms with Gasteiger partial charge >= 0.3 is 0 Å². The van der Waals surface area contributed by atoms with E-state index in [-0.39, 0.29) is 0 Å². The molecule has 0 spiro atoms. The lowest BCUT2D eigenvalue weighted by Gasteiger charge is -1.98. The van der Waals surface area contributed by atoms with Gasteiger partial charge in [-0.15, -0.1) is 0 Å². The van der Waals surface area contributed by atoms with Crippen LogP contribution in [0.5, 0.6) is 0 Å². The summed E-state index contributed by atoms with van der Waals surface area (Å²) in [6.07, 6.45) is 0. The molecule has 0 radical (unpaired) electrons. The Hall–Kier alpha value is -0.760. The van der Waals surface area contributed by atoms with Crippen molar-refractivity contribution in [3.63, 3.8) is 0 Å². The summed E-state index contributed by atoms with van der Waals surface area (Å²) in [5.74, 6) is 1.45. The Labute approximate surface area is 92.2 Å². The summed E-state index contributed by atoms with van der Waals surface area (Å²) in [6, 6.07) is 6.25. The van der Waals surface area contributed by atoms with Gasteiger partial charge in [0.25, 0.3) is 0 Å². The molecule has 0 atom stereocenters. The van der Waals surface area contributed by atoms with E-state index < -0.39 is 0 Å². The quantitative estimate of drug-likeness (QED) is 0.722. The maximum Gasteiger partial charge on any atom is 0.135 e. The van der Waals surface area contributed by atoms with Gasteiger partial charge in [-0.1, -0.05) is 25.5 Å². The first kappa shape index (κ1) is 9.78. The molecular weight excluding hydrogens is 240 g/mol. The number of hydrogen-bond acceptors (Lipinski definition) is 1. The minimum atomic E-state index is 0.414. The first-order valence-electron chi connectivity index (χ1n) is 4.78. The zero-order chi connectivity index (χ0) is 10.3. The molecule has 1 aromatic carbocycles. The van der Waals surface area contributed by atoms with Crippen LogP contribution in [0.15, 0.2) is 27.1 Å². The average molecular weight is 253 g/mol. The third-order valence-electron chi connectivity index (χ3n) is 2.33. The second kappa shape index (κ2) is 3.43. The SMILES string of the molecule is Cc1ccc2oc(C(C)C)c(Br)c2c1. The Balaban J connectivity index is 2.74. The van der Waals surface area contributed by atoms with E-state index in [4.69, 9.17) is 4.42 Å². The molecule has 0 N–H and O–H groups in total. The van der Waals surface area contributed by atoms with Crippen molar-refractivity contribution in [2.24, 2.45) is 0 Å². The average Bonchev–Trinajstić information content (AvgIpc) is 2.44. The molecule has 1 heterocycles. The maximum absolute atomic E-state index is 5.77. The van der Waals surface area contributed by atoms with E-state index in [1.165, 1.54) is 10.9 Å². The van der Waals surface area contributed by atoms with E-state index in [9.17, 15) is 0 Å². The predicted molar refractivity (Wildman–Crippen MR) is 62.7 cm³/mol. The molecule has 74 valence electrons. The lowest BCUT2D eigenvalue weighted by atomic mass is 10.1. The summed E-state index contributed by atoms with van der Waals surface area (Å²) in [7, 11) is 0. The second-order valence-electron chi connectivity index (χ2n) is 3.93. The summed E-state index contributed by atoms with van der Waals surface area (Å²) in [6.45, 7) is 6.36. The van der Waals surface area contributed by atoms with Crippen molar-refractivity contribution in [1.29, 1.82) is 0 Å². The molecule has 14 heavy (non-hydrogen) atoms. The molecule has 0 bridgehead atoms. The Morgan fingerprint density at radius 1 is 1.29 bits per heavy atom. The molecule has 0 fully saturated rings. The smallest absolute Gasteiger partial charge is 0.135 e. The highest BCUT2D eigenvalue weighted by molar-refractivity contribution is 9.10. The van der Waals surface area contributed by atoms with Crippen LogP contribution in [0.4, 0.5) is 0 Å². The highest BCUT2D eigenvalue weighted by atomic mass is 79.9. The van der Waals surface area contributed by atoms with Crippen molar-refractivity contribution in [1.82, 2.24) is 0 Å². The van der Waals surface area contributed by atoms with Crippen LogP contribution in [0.3, 0.4) is 0 Å². The molecule has 2 rings (SSSR count). The van der Waals surface area contributed by atoms with Crippen LogP contribution in [0.1, 0.15) is 31.1 Å². The van der Waals surface area contributed by atoms with Gasteiger partial charge in [-0.2, -0.15) is 0 Å². The van der Waals surface area contributed by atoms with Crippen molar-refractivity contribution in [2.75, 3.05) is 0 Å². The minimum absolute atomic E-state index is 0.414. The van der Waals surface area contributed by atoms with E-state index in [2.05, 4.69) is 48.8 Å². The van der Waals surface area contributed by atoms with Crippen molar-refractivity contribution in [3.05, 3.63) is 34.0 Å². The van der Waals surface area contributed by atoms with Crippen LogP contribution < -0.4 is 0 Å². The van der Waals surface area contributed by atoms with Crippen LogP contribution in [0.25, 0.3) is 11.0 Å². The number of aryl methyl sites for hydroxylation is 1. The van der Waals surface area contributed by atoms with Crippen LogP contribution in [-0.4, -0.2) is 0 Å². The first-order chi connectivity index (χ1) is 6.59. The van der Waals surface area contributed by atoms with E-state index in [1.807, 2.05) is 6.07 Å². The number of furan rings is 1.